The number of nitrogens with zero attached hydrogens (tertiary/aromatic N) is 1. The largest absolute Gasteiger partial charge is 0.492 e. The molecule has 1 aromatic rings. The fraction of sp³-hybridized carbons (Fsp3) is 0.333. The van der Waals surface area contributed by atoms with Crippen molar-refractivity contribution in [2.75, 3.05) is 20.3 Å². The summed E-state index contributed by atoms with van der Waals surface area (Å²) in [6, 6.07) is 3.25. The fourth-order valence-corrected chi connectivity index (χ4v) is 3.00. The summed E-state index contributed by atoms with van der Waals surface area (Å²) in [4.78, 5) is 24.9. The van der Waals surface area contributed by atoms with Crippen LogP contribution >= 0.6 is 22.6 Å². The molecule has 1 aliphatic heterocycles. The van der Waals surface area contributed by atoms with Gasteiger partial charge >= 0.3 is 6.03 Å². The zero-order chi connectivity index (χ0) is 16.3. The number of carbonyl (C=O) groups is 2. The molecule has 0 bridgehead atoms. The number of amides is 3. The van der Waals surface area contributed by atoms with Crippen molar-refractivity contribution in [1.29, 1.82) is 0 Å². The lowest BCUT2D eigenvalue weighted by molar-refractivity contribution is -0.122. The molecule has 6 nitrogen and oxygen atoms in total. The molecule has 3 amide bonds. The van der Waals surface area contributed by atoms with Gasteiger partial charge in [-0.1, -0.05) is 0 Å². The van der Waals surface area contributed by atoms with E-state index in [4.69, 9.17) is 9.47 Å². The first kappa shape index (κ1) is 16.6. The summed E-state index contributed by atoms with van der Waals surface area (Å²) < 4.78 is 11.8. The third-order valence-electron chi connectivity index (χ3n) is 3.13. The van der Waals surface area contributed by atoms with E-state index in [1.54, 1.807) is 26.2 Å². The van der Waals surface area contributed by atoms with Crippen molar-refractivity contribution in [2.45, 2.75) is 13.8 Å². The Balaban J connectivity index is 2.40. The Bertz CT molecular complexity index is 643. The zero-order valence-corrected chi connectivity index (χ0v) is 14.8. The van der Waals surface area contributed by atoms with Gasteiger partial charge in [0.15, 0.2) is 11.5 Å². The second-order valence-electron chi connectivity index (χ2n) is 4.50. The highest BCUT2D eigenvalue weighted by molar-refractivity contribution is 14.1. The Morgan fingerprint density at radius 2 is 2.05 bits per heavy atom. The number of imide groups is 1. The molecular formula is C15H17IN2O4. The number of urea groups is 1. The summed E-state index contributed by atoms with van der Waals surface area (Å²) in [6.07, 6.45) is 1.64. The first-order valence-electron chi connectivity index (χ1n) is 6.86. The number of methoxy groups -OCH3 is 1. The molecule has 0 unspecified atom stereocenters. The van der Waals surface area contributed by atoms with E-state index in [0.29, 0.717) is 24.7 Å². The lowest BCUT2D eigenvalue weighted by atomic mass is 10.1. The van der Waals surface area contributed by atoms with Gasteiger partial charge in [0.2, 0.25) is 0 Å². The van der Waals surface area contributed by atoms with Gasteiger partial charge < -0.3 is 14.8 Å². The summed E-state index contributed by atoms with van der Waals surface area (Å²) in [5, 5.41) is 2.58. The second kappa shape index (κ2) is 6.99. The Hall–Kier alpha value is -1.77. The number of hydrogen-bond donors (Lipinski definition) is 1. The van der Waals surface area contributed by atoms with Gasteiger partial charge in [-0.25, -0.2) is 4.79 Å². The van der Waals surface area contributed by atoms with E-state index in [2.05, 4.69) is 27.9 Å². The van der Waals surface area contributed by atoms with Gasteiger partial charge in [0.05, 0.1) is 17.3 Å². The molecule has 1 N–H and O–H groups in total. The second-order valence-corrected chi connectivity index (χ2v) is 5.67. The van der Waals surface area contributed by atoms with E-state index in [1.165, 1.54) is 0 Å². The molecule has 1 fully saturated rings. The van der Waals surface area contributed by atoms with Gasteiger partial charge in [-0.3, -0.25) is 9.69 Å². The van der Waals surface area contributed by atoms with Crippen LogP contribution in [0.4, 0.5) is 4.79 Å². The summed E-state index contributed by atoms with van der Waals surface area (Å²) in [7, 11) is 1.58. The molecule has 1 saturated heterocycles. The number of carbonyl (C=O) groups excluding carboxylic acids is 2. The smallest absolute Gasteiger partial charge is 0.328 e. The summed E-state index contributed by atoms with van der Waals surface area (Å²) in [5.74, 6) is 0.936. The van der Waals surface area contributed by atoms with E-state index in [0.717, 1.165) is 14.0 Å². The Morgan fingerprint density at radius 1 is 1.32 bits per heavy atom. The monoisotopic (exact) mass is 416 g/mol. The molecule has 1 aliphatic rings. The van der Waals surface area contributed by atoms with Crippen LogP contribution in [0.5, 0.6) is 11.5 Å². The Kier molecular flexibility index (Phi) is 5.28. The third-order valence-corrected chi connectivity index (χ3v) is 3.93. The molecule has 118 valence electrons. The van der Waals surface area contributed by atoms with Crippen LogP contribution in [0.1, 0.15) is 19.4 Å². The minimum Gasteiger partial charge on any atom is -0.492 e. The van der Waals surface area contributed by atoms with Crippen LogP contribution in [0, 0.1) is 3.57 Å². The highest BCUT2D eigenvalue weighted by atomic mass is 127. The summed E-state index contributed by atoms with van der Waals surface area (Å²) in [6.45, 7) is 4.49. The standard InChI is InChI=1S/C15H17IN2O4/c1-4-18-14(19)11(17-15(18)20)7-9-6-10(16)13(21-3)12(8-9)22-5-2/h6-8H,4-5H2,1-3H3,(H,17,20)/b11-7+. The number of ether oxygens (including phenoxy) is 2. The number of likely N-dealkylation sites (N-methyl/N-ethyl adjacent to an activating group) is 1. The minimum atomic E-state index is -0.396. The maximum Gasteiger partial charge on any atom is 0.328 e. The Labute approximate surface area is 142 Å². The molecule has 7 heteroatoms. The van der Waals surface area contributed by atoms with E-state index in [1.807, 2.05) is 13.0 Å². The lowest BCUT2D eigenvalue weighted by Gasteiger charge is -2.12. The van der Waals surface area contributed by atoms with E-state index in [-0.39, 0.29) is 11.6 Å². The summed E-state index contributed by atoms with van der Waals surface area (Å²) >= 11 is 2.14. The fourth-order valence-electron chi connectivity index (χ4n) is 2.16. The maximum atomic E-state index is 12.1. The lowest BCUT2D eigenvalue weighted by Crippen LogP contribution is -2.30. The van der Waals surface area contributed by atoms with Gasteiger partial charge in [0, 0.05) is 6.54 Å². The zero-order valence-electron chi connectivity index (χ0n) is 12.6. The molecule has 0 saturated carbocycles. The van der Waals surface area contributed by atoms with Crippen LogP contribution in [0.25, 0.3) is 6.08 Å². The highest BCUT2D eigenvalue weighted by Crippen LogP contribution is 2.34. The van der Waals surface area contributed by atoms with E-state index in [9.17, 15) is 9.59 Å². The predicted octanol–water partition coefficient (Wildman–Crippen LogP) is 2.61. The normalized spacial score (nSPS) is 16.2. The first-order valence-corrected chi connectivity index (χ1v) is 7.94. The molecular weight excluding hydrogens is 399 g/mol. The van der Waals surface area contributed by atoms with Crippen LogP contribution in [0.2, 0.25) is 0 Å². The van der Waals surface area contributed by atoms with Crippen molar-refractivity contribution in [1.82, 2.24) is 10.2 Å². The number of benzene rings is 1. The maximum absolute atomic E-state index is 12.1. The highest BCUT2D eigenvalue weighted by Gasteiger charge is 2.32. The molecule has 0 atom stereocenters. The van der Waals surface area contributed by atoms with Gasteiger partial charge in [0.1, 0.15) is 5.70 Å². The van der Waals surface area contributed by atoms with Crippen molar-refractivity contribution in [3.63, 3.8) is 0 Å². The quantitative estimate of drug-likeness (QED) is 0.455. The van der Waals surface area contributed by atoms with Crippen LogP contribution in [0.15, 0.2) is 17.8 Å². The molecule has 2 rings (SSSR count). The molecule has 0 spiro atoms. The molecule has 0 radical (unpaired) electrons. The Morgan fingerprint density at radius 3 is 2.59 bits per heavy atom. The average molecular weight is 416 g/mol. The first-order chi connectivity index (χ1) is 10.5. The molecule has 0 aromatic heterocycles. The van der Waals surface area contributed by atoms with Crippen molar-refractivity contribution in [3.05, 3.63) is 27.0 Å². The van der Waals surface area contributed by atoms with Crippen molar-refractivity contribution < 1.29 is 19.1 Å². The minimum absolute atomic E-state index is 0.260. The number of rotatable bonds is 5. The van der Waals surface area contributed by atoms with Crippen molar-refractivity contribution in [3.8, 4) is 11.5 Å². The van der Waals surface area contributed by atoms with Crippen molar-refractivity contribution >= 4 is 40.6 Å². The summed E-state index contributed by atoms with van der Waals surface area (Å²) in [5.41, 5.74) is 1.02. The third kappa shape index (κ3) is 3.18. The van der Waals surface area contributed by atoms with Crippen LogP contribution in [-0.2, 0) is 4.79 Å². The topological polar surface area (TPSA) is 67.9 Å². The van der Waals surface area contributed by atoms with Crippen molar-refractivity contribution in [2.24, 2.45) is 0 Å². The molecule has 0 aliphatic carbocycles. The molecule has 22 heavy (non-hydrogen) atoms. The van der Waals surface area contributed by atoms with Gasteiger partial charge in [0.25, 0.3) is 5.91 Å². The van der Waals surface area contributed by atoms with Crippen LogP contribution in [-0.4, -0.2) is 37.1 Å². The van der Waals surface area contributed by atoms with Gasteiger partial charge in [-0.15, -0.1) is 0 Å². The van der Waals surface area contributed by atoms with Crippen LogP contribution < -0.4 is 14.8 Å². The van der Waals surface area contributed by atoms with E-state index >= 15 is 0 Å². The number of nitrogens with one attached hydrogen (secondary N) is 1. The molecule has 1 aromatic carbocycles. The van der Waals surface area contributed by atoms with Gasteiger partial charge in [-0.05, 0) is 60.2 Å². The number of hydrogen-bond acceptors (Lipinski definition) is 4. The van der Waals surface area contributed by atoms with E-state index < -0.39 is 6.03 Å². The number of halogens is 1. The SMILES string of the molecule is CCOc1cc(/C=C2/NC(=O)N(CC)C2=O)cc(I)c1OC. The van der Waals surface area contributed by atoms with Crippen LogP contribution in [0.3, 0.4) is 0 Å². The predicted molar refractivity (Wildman–Crippen MR) is 90.8 cm³/mol. The molecule has 1 heterocycles. The average Bonchev–Trinajstić information content (AvgIpc) is 2.73. The van der Waals surface area contributed by atoms with Gasteiger partial charge in [-0.2, -0.15) is 0 Å².